The highest BCUT2D eigenvalue weighted by Crippen LogP contribution is 2.33. The van der Waals surface area contributed by atoms with Gasteiger partial charge in [0.15, 0.2) is 0 Å². The largest absolute Gasteiger partial charge is 0.496 e. The van der Waals surface area contributed by atoms with E-state index in [1.807, 2.05) is 29.2 Å². The van der Waals surface area contributed by atoms with Crippen LogP contribution in [0.1, 0.15) is 35.6 Å². The summed E-state index contributed by atoms with van der Waals surface area (Å²) in [7, 11) is 1.65. The third kappa shape index (κ3) is 3.39. The van der Waals surface area contributed by atoms with Gasteiger partial charge in [0.25, 0.3) is 0 Å². The number of rotatable bonds is 4. The Balaban J connectivity index is 1.77. The standard InChI is InChI=1S/C20H23NO2/c1-15-9-11-16(12-10-15)18-7-5-13-21(18)20(22)14-17-6-3-4-8-19(17)23-2/h3-4,6,8-12,18H,5,7,13-14H2,1-2H3/t18-/m1/s1. The van der Waals surface area contributed by atoms with E-state index >= 15 is 0 Å². The van der Waals surface area contributed by atoms with Crippen LogP contribution in [0.4, 0.5) is 0 Å². The lowest BCUT2D eigenvalue weighted by Crippen LogP contribution is -2.31. The number of ether oxygens (including phenoxy) is 1. The molecule has 3 nitrogen and oxygen atoms in total. The second-order valence-corrected chi connectivity index (χ2v) is 6.14. The maximum Gasteiger partial charge on any atom is 0.227 e. The Kier molecular flexibility index (Phi) is 4.65. The van der Waals surface area contributed by atoms with Crippen LogP contribution in [-0.4, -0.2) is 24.5 Å². The van der Waals surface area contributed by atoms with Gasteiger partial charge < -0.3 is 9.64 Å². The molecule has 0 unspecified atom stereocenters. The lowest BCUT2D eigenvalue weighted by molar-refractivity contribution is -0.131. The molecular weight excluding hydrogens is 286 g/mol. The maximum atomic E-state index is 12.8. The highest BCUT2D eigenvalue weighted by molar-refractivity contribution is 5.80. The smallest absolute Gasteiger partial charge is 0.227 e. The van der Waals surface area contributed by atoms with Gasteiger partial charge in [-0.15, -0.1) is 0 Å². The molecule has 0 saturated carbocycles. The first-order valence-corrected chi connectivity index (χ1v) is 8.17. The zero-order valence-electron chi connectivity index (χ0n) is 13.8. The van der Waals surface area contributed by atoms with Crippen molar-refractivity contribution in [2.45, 2.75) is 32.2 Å². The number of amides is 1. The number of benzene rings is 2. The van der Waals surface area contributed by atoms with Gasteiger partial charge in [0, 0.05) is 12.1 Å². The van der Waals surface area contributed by atoms with E-state index in [2.05, 4.69) is 31.2 Å². The van der Waals surface area contributed by atoms with Crippen molar-refractivity contribution in [2.75, 3.05) is 13.7 Å². The fourth-order valence-electron chi connectivity index (χ4n) is 3.31. The summed E-state index contributed by atoms with van der Waals surface area (Å²) in [6, 6.07) is 16.5. The van der Waals surface area contributed by atoms with Crippen LogP contribution in [0.5, 0.6) is 5.75 Å². The van der Waals surface area contributed by atoms with Gasteiger partial charge in [0.05, 0.1) is 19.6 Å². The first-order chi connectivity index (χ1) is 11.2. The predicted molar refractivity (Wildman–Crippen MR) is 91.6 cm³/mol. The second kappa shape index (κ2) is 6.86. The third-order valence-corrected chi connectivity index (χ3v) is 4.57. The molecule has 0 aromatic heterocycles. The van der Waals surface area contributed by atoms with Gasteiger partial charge in [-0.1, -0.05) is 48.0 Å². The molecule has 0 aliphatic carbocycles. The van der Waals surface area contributed by atoms with Crippen LogP contribution in [0.2, 0.25) is 0 Å². The summed E-state index contributed by atoms with van der Waals surface area (Å²) < 4.78 is 5.36. The van der Waals surface area contributed by atoms with Crippen LogP contribution >= 0.6 is 0 Å². The molecule has 1 aliphatic rings. The molecule has 1 heterocycles. The summed E-state index contributed by atoms with van der Waals surface area (Å²) in [6.07, 6.45) is 2.50. The first kappa shape index (κ1) is 15.6. The molecule has 120 valence electrons. The number of hydrogen-bond acceptors (Lipinski definition) is 2. The Hall–Kier alpha value is -2.29. The maximum absolute atomic E-state index is 12.8. The Morgan fingerprint density at radius 3 is 2.65 bits per heavy atom. The van der Waals surface area contributed by atoms with Crippen molar-refractivity contribution in [1.82, 2.24) is 4.90 Å². The number of likely N-dealkylation sites (tertiary alicyclic amines) is 1. The van der Waals surface area contributed by atoms with Crippen LogP contribution in [-0.2, 0) is 11.2 Å². The minimum atomic E-state index is 0.178. The summed E-state index contributed by atoms with van der Waals surface area (Å²) in [6.45, 7) is 2.93. The van der Waals surface area contributed by atoms with Crippen LogP contribution in [0.3, 0.4) is 0 Å². The highest BCUT2D eigenvalue weighted by Gasteiger charge is 2.30. The molecule has 0 radical (unpaired) electrons. The van der Waals surface area contributed by atoms with E-state index in [4.69, 9.17) is 4.74 Å². The van der Waals surface area contributed by atoms with Crippen molar-refractivity contribution < 1.29 is 9.53 Å². The van der Waals surface area contributed by atoms with E-state index in [9.17, 15) is 4.79 Å². The number of carbonyl (C=O) groups is 1. The van der Waals surface area contributed by atoms with Gasteiger partial charge in [-0.25, -0.2) is 0 Å². The Bertz CT molecular complexity index is 678. The first-order valence-electron chi connectivity index (χ1n) is 8.17. The number of carbonyl (C=O) groups excluding carboxylic acids is 1. The highest BCUT2D eigenvalue weighted by atomic mass is 16.5. The molecule has 0 N–H and O–H groups in total. The molecule has 2 aromatic rings. The lowest BCUT2D eigenvalue weighted by atomic mass is 10.0. The summed E-state index contributed by atoms with van der Waals surface area (Å²) in [5, 5.41) is 0. The van der Waals surface area contributed by atoms with Crippen molar-refractivity contribution in [3.8, 4) is 5.75 Å². The molecule has 1 aliphatic heterocycles. The van der Waals surface area contributed by atoms with Crippen LogP contribution in [0.15, 0.2) is 48.5 Å². The van der Waals surface area contributed by atoms with E-state index in [-0.39, 0.29) is 11.9 Å². The van der Waals surface area contributed by atoms with E-state index in [0.717, 1.165) is 30.7 Å². The number of hydrogen-bond donors (Lipinski definition) is 0. The average Bonchev–Trinajstić information content (AvgIpc) is 3.06. The Morgan fingerprint density at radius 1 is 1.17 bits per heavy atom. The molecule has 23 heavy (non-hydrogen) atoms. The molecule has 1 amide bonds. The lowest BCUT2D eigenvalue weighted by Gasteiger charge is -2.25. The molecular formula is C20H23NO2. The fraction of sp³-hybridized carbons (Fsp3) is 0.350. The van der Waals surface area contributed by atoms with E-state index in [1.165, 1.54) is 11.1 Å². The van der Waals surface area contributed by atoms with Crippen molar-refractivity contribution >= 4 is 5.91 Å². The van der Waals surface area contributed by atoms with E-state index in [1.54, 1.807) is 7.11 Å². The minimum absolute atomic E-state index is 0.178. The third-order valence-electron chi connectivity index (χ3n) is 4.57. The molecule has 1 saturated heterocycles. The SMILES string of the molecule is COc1ccccc1CC(=O)N1CCC[C@@H]1c1ccc(C)cc1. The van der Waals surface area contributed by atoms with Crippen molar-refractivity contribution in [1.29, 1.82) is 0 Å². The van der Waals surface area contributed by atoms with Crippen molar-refractivity contribution in [3.05, 3.63) is 65.2 Å². The van der Waals surface area contributed by atoms with Crippen molar-refractivity contribution in [2.24, 2.45) is 0 Å². The quantitative estimate of drug-likeness (QED) is 0.857. The Morgan fingerprint density at radius 2 is 1.91 bits per heavy atom. The van der Waals surface area contributed by atoms with Crippen LogP contribution < -0.4 is 4.74 Å². The van der Waals surface area contributed by atoms with Crippen LogP contribution in [0, 0.1) is 6.92 Å². The average molecular weight is 309 g/mol. The molecule has 3 heteroatoms. The van der Waals surface area contributed by atoms with E-state index < -0.39 is 0 Å². The summed E-state index contributed by atoms with van der Waals surface area (Å²) in [5.74, 6) is 0.963. The minimum Gasteiger partial charge on any atom is -0.496 e. The monoisotopic (exact) mass is 309 g/mol. The second-order valence-electron chi connectivity index (χ2n) is 6.14. The normalized spacial score (nSPS) is 17.3. The van der Waals surface area contributed by atoms with Gasteiger partial charge in [-0.2, -0.15) is 0 Å². The van der Waals surface area contributed by atoms with Gasteiger partial charge >= 0.3 is 0 Å². The molecule has 1 fully saturated rings. The Labute approximate surface area is 137 Å². The fourth-order valence-corrected chi connectivity index (χ4v) is 3.31. The van der Waals surface area contributed by atoms with Gasteiger partial charge in [-0.3, -0.25) is 4.79 Å². The number of para-hydroxylation sites is 1. The molecule has 0 spiro atoms. The van der Waals surface area contributed by atoms with Gasteiger partial charge in [-0.05, 0) is 31.4 Å². The van der Waals surface area contributed by atoms with Gasteiger partial charge in [0.1, 0.15) is 5.75 Å². The zero-order chi connectivity index (χ0) is 16.2. The van der Waals surface area contributed by atoms with E-state index in [0.29, 0.717) is 6.42 Å². The summed E-state index contributed by atoms with van der Waals surface area (Å²) in [4.78, 5) is 14.8. The zero-order valence-corrected chi connectivity index (χ0v) is 13.8. The van der Waals surface area contributed by atoms with Crippen LogP contribution in [0.25, 0.3) is 0 Å². The molecule has 2 aromatic carbocycles. The topological polar surface area (TPSA) is 29.5 Å². The molecule has 3 rings (SSSR count). The predicted octanol–water partition coefficient (Wildman–Crippen LogP) is 3.91. The number of nitrogens with zero attached hydrogens (tertiary/aromatic N) is 1. The summed E-state index contributed by atoms with van der Waals surface area (Å²) >= 11 is 0. The van der Waals surface area contributed by atoms with Crippen molar-refractivity contribution in [3.63, 3.8) is 0 Å². The molecule has 1 atom stereocenters. The molecule has 0 bridgehead atoms. The number of aryl methyl sites for hydroxylation is 1. The van der Waals surface area contributed by atoms with Gasteiger partial charge in [0.2, 0.25) is 5.91 Å². The summed E-state index contributed by atoms with van der Waals surface area (Å²) in [5.41, 5.74) is 3.44. The number of methoxy groups -OCH3 is 1.